The van der Waals surface area contributed by atoms with Crippen molar-refractivity contribution in [3.05, 3.63) is 0 Å². The first kappa shape index (κ1) is 5.56. The van der Waals surface area contributed by atoms with Crippen molar-refractivity contribution in [1.82, 2.24) is 4.90 Å². The number of carbonyl (C=O) groups is 1. The Morgan fingerprint density at radius 1 is 1.75 bits per heavy atom. The zero-order valence-corrected chi connectivity index (χ0v) is 4.63. The molecule has 8 heavy (non-hydrogen) atoms. The summed E-state index contributed by atoms with van der Waals surface area (Å²) >= 11 is 0. The fraction of sp³-hybridized carbons (Fsp3) is 0.800. The van der Waals surface area contributed by atoms with E-state index in [0.717, 1.165) is 6.54 Å². The van der Waals surface area contributed by atoms with Crippen molar-refractivity contribution < 1.29 is 9.90 Å². The van der Waals surface area contributed by atoms with Gasteiger partial charge < -0.3 is 10.0 Å². The third-order valence-corrected chi connectivity index (χ3v) is 1.16. The molecular weight excluding hydrogens is 106 g/mol. The van der Waals surface area contributed by atoms with Crippen LogP contribution in [0.15, 0.2) is 0 Å². The molecule has 0 bridgehead atoms. The Kier molecular flexibility index (Phi) is 1.48. The Labute approximate surface area is 47.9 Å². The molecule has 3 nitrogen and oxygen atoms in total. The van der Waals surface area contributed by atoms with Gasteiger partial charge in [0.05, 0.1) is 6.54 Å². The molecule has 0 aliphatic carbocycles. The molecule has 1 N–H and O–H groups in total. The fourth-order valence-corrected chi connectivity index (χ4v) is 0.593. The predicted octanol–water partition coefficient (Wildman–Crippen LogP) is -0.789. The number of rotatable bonds is 3. The van der Waals surface area contributed by atoms with Gasteiger partial charge in [-0.1, -0.05) is 0 Å². The molecule has 0 saturated carbocycles. The lowest BCUT2D eigenvalue weighted by Gasteiger charge is -1.93. The van der Waals surface area contributed by atoms with Crippen LogP contribution in [-0.4, -0.2) is 35.6 Å². The van der Waals surface area contributed by atoms with Gasteiger partial charge in [0.15, 0.2) is 0 Å². The van der Waals surface area contributed by atoms with Crippen molar-refractivity contribution >= 4 is 5.91 Å². The molecule has 0 radical (unpaired) electrons. The largest absolute Gasteiger partial charge is 0.396 e. The fourth-order valence-electron chi connectivity index (χ4n) is 0.593. The molecule has 1 rings (SSSR count). The Hall–Kier alpha value is -0.570. The monoisotopic (exact) mass is 115 g/mol. The summed E-state index contributed by atoms with van der Waals surface area (Å²) in [5, 5.41) is 8.29. The van der Waals surface area contributed by atoms with Crippen LogP contribution in [0.3, 0.4) is 0 Å². The first-order chi connectivity index (χ1) is 3.84. The summed E-state index contributed by atoms with van der Waals surface area (Å²) in [6.07, 6.45) is 0.714. The Bertz CT molecular complexity index is 103. The second kappa shape index (κ2) is 2.13. The van der Waals surface area contributed by atoms with Gasteiger partial charge in [0, 0.05) is 13.2 Å². The van der Waals surface area contributed by atoms with Gasteiger partial charge in [0.1, 0.15) is 0 Å². The SMILES string of the molecule is O=C1CN1CCCO. The first-order valence-electron chi connectivity index (χ1n) is 2.73. The lowest BCUT2D eigenvalue weighted by Crippen LogP contribution is -2.02. The maximum atomic E-state index is 10.2. The van der Waals surface area contributed by atoms with Crippen LogP contribution in [0, 0.1) is 0 Å². The maximum absolute atomic E-state index is 10.2. The van der Waals surface area contributed by atoms with E-state index in [2.05, 4.69) is 0 Å². The van der Waals surface area contributed by atoms with E-state index in [1.807, 2.05) is 0 Å². The highest BCUT2D eigenvalue weighted by Crippen LogP contribution is 2.05. The zero-order chi connectivity index (χ0) is 5.98. The summed E-state index contributed by atoms with van der Waals surface area (Å²) in [5.41, 5.74) is 0. The van der Waals surface area contributed by atoms with Crippen LogP contribution in [0.25, 0.3) is 0 Å². The lowest BCUT2D eigenvalue weighted by molar-refractivity contribution is -0.113. The number of hydrogen-bond donors (Lipinski definition) is 1. The number of nitrogens with zero attached hydrogens (tertiary/aromatic N) is 1. The van der Waals surface area contributed by atoms with Crippen molar-refractivity contribution in [1.29, 1.82) is 0 Å². The van der Waals surface area contributed by atoms with E-state index in [1.165, 1.54) is 0 Å². The Balaban J connectivity index is 1.97. The Morgan fingerprint density at radius 3 is 2.75 bits per heavy atom. The minimum atomic E-state index is 0.184. The molecule has 0 aromatic rings. The summed E-state index contributed by atoms with van der Waals surface area (Å²) in [6, 6.07) is 0. The van der Waals surface area contributed by atoms with E-state index in [9.17, 15) is 4.79 Å². The average molecular weight is 115 g/mol. The number of carbonyl (C=O) groups excluding carboxylic acids is 1. The molecule has 0 aromatic heterocycles. The first-order valence-corrected chi connectivity index (χ1v) is 2.73. The van der Waals surface area contributed by atoms with Crippen LogP contribution in [0.2, 0.25) is 0 Å². The van der Waals surface area contributed by atoms with Crippen molar-refractivity contribution in [3.8, 4) is 0 Å². The summed E-state index contributed by atoms with van der Waals surface area (Å²) in [5.74, 6) is 0.207. The molecule has 0 aromatic carbocycles. The van der Waals surface area contributed by atoms with Crippen LogP contribution in [0.4, 0.5) is 0 Å². The van der Waals surface area contributed by atoms with Crippen LogP contribution >= 0.6 is 0 Å². The minimum Gasteiger partial charge on any atom is -0.396 e. The van der Waals surface area contributed by atoms with Gasteiger partial charge in [-0.25, -0.2) is 0 Å². The second-order valence-corrected chi connectivity index (χ2v) is 1.89. The average Bonchev–Trinajstić information content (AvgIpc) is 2.42. The van der Waals surface area contributed by atoms with E-state index in [4.69, 9.17) is 5.11 Å². The number of aliphatic hydroxyl groups excluding tert-OH is 1. The van der Waals surface area contributed by atoms with E-state index in [-0.39, 0.29) is 12.5 Å². The molecule has 3 heteroatoms. The summed E-state index contributed by atoms with van der Waals surface area (Å²) in [7, 11) is 0. The summed E-state index contributed by atoms with van der Waals surface area (Å²) in [4.78, 5) is 11.9. The van der Waals surface area contributed by atoms with Crippen molar-refractivity contribution in [3.63, 3.8) is 0 Å². The van der Waals surface area contributed by atoms with Crippen molar-refractivity contribution in [2.24, 2.45) is 0 Å². The highest BCUT2D eigenvalue weighted by molar-refractivity contribution is 5.92. The normalized spacial score (nSPS) is 17.1. The van der Waals surface area contributed by atoms with Crippen LogP contribution < -0.4 is 0 Å². The van der Waals surface area contributed by atoms with Gasteiger partial charge in [-0.2, -0.15) is 0 Å². The van der Waals surface area contributed by atoms with Crippen molar-refractivity contribution in [2.45, 2.75) is 6.42 Å². The molecule has 1 heterocycles. The molecular formula is C5H9NO2. The van der Waals surface area contributed by atoms with E-state index in [0.29, 0.717) is 13.0 Å². The molecule has 1 aliphatic heterocycles. The van der Waals surface area contributed by atoms with Gasteiger partial charge in [-0.05, 0) is 6.42 Å². The number of hydrogen-bond acceptors (Lipinski definition) is 2. The van der Waals surface area contributed by atoms with E-state index >= 15 is 0 Å². The van der Waals surface area contributed by atoms with Crippen LogP contribution in [0.1, 0.15) is 6.42 Å². The molecule has 0 atom stereocenters. The second-order valence-electron chi connectivity index (χ2n) is 1.89. The third kappa shape index (κ3) is 1.20. The van der Waals surface area contributed by atoms with Gasteiger partial charge in [0.25, 0.3) is 0 Å². The van der Waals surface area contributed by atoms with Crippen molar-refractivity contribution in [2.75, 3.05) is 19.7 Å². The molecule has 0 unspecified atom stereocenters. The number of aliphatic hydroxyl groups is 1. The summed E-state index contributed by atoms with van der Waals surface area (Å²) < 4.78 is 0. The van der Waals surface area contributed by atoms with Gasteiger partial charge in [0.2, 0.25) is 5.91 Å². The summed E-state index contributed by atoms with van der Waals surface area (Å²) in [6.45, 7) is 1.51. The number of amides is 1. The van der Waals surface area contributed by atoms with Crippen LogP contribution in [0.5, 0.6) is 0 Å². The minimum absolute atomic E-state index is 0.184. The molecule has 1 saturated heterocycles. The highest BCUT2D eigenvalue weighted by Gasteiger charge is 2.28. The molecule has 1 fully saturated rings. The molecule has 1 amide bonds. The molecule has 0 spiro atoms. The third-order valence-electron chi connectivity index (χ3n) is 1.16. The van der Waals surface area contributed by atoms with Gasteiger partial charge in [-0.15, -0.1) is 0 Å². The lowest BCUT2D eigenvalue weighted by atomic mass is 10.5. The van der Waals surface area contributed by atoms with Crippen LogP contribution in [-0.2, 0) is 4.79 Å². The zero-order valence-electron chi connectivity index (χ0n) is 4.63. The van der Waals surface area contributed by atoms with E-state index < -0.39 is 0 Å². The van der Waals surface area contributed by atoms with E-state index in [1.54, 1.807) is 4.90 Å². The quantitative estimate of drug-likeness (QED) is 0.490. The standard InChI is InChI=1S/C5H9NO2/c7-3-1-2-6-4-5(6)8/h7H,1-4H2. The molecule has 1 aliphatic rings. The smallest absolute Gasteiger partial charge is 0.242 e. The van der Waals surface area contributed by atoms with Gasteiger partial charge >= 0.3 is 0 Å². The predicted molar refractivity (Wildman–Crippen MR) is 28.3 cm³/mol. The maximum Gasteiger partial charge on any atom is 0.242 e. The Morgan fingerprint density at radius 2 is 2.38 bits per heavy atom. The molecule has 46 valence electrons. The van der Waals surface area contributed by atoms with Gasteiger partial charge in [-0.3, -0.25) is 4.79 Å². The highest BCUT2D eigenvalue weighted by atomic mass is 16.3. The topological polar surface area (TPSA) is 40.3 Å².